The van der Waals surface area contributed by atoms with Gasteiger partial charge in [0.25, 0.3) is 5.91 Å². The Morgan fingerprint density at radius 1 is 1.10 bits per heavy atom. The van der Waals surface area contributed by atoms with Crippen LogP contribution in [0.15, 0.2) is 46.9 Å². The Morgan fingerprint density at radius 3 is 2.42 bits per heavy atom. The minimum atomic E-state index is -0.651. The van der Waals surface area contributed by atoms with Crippen molar-refractivity contribution in [1.29, 1.82) is 0 Å². The maximum absolute atomic E-state index is 13.2. The molecule has 168 valence electrons. The number of ether oxygens (including phenoxy) is 1. The third-order valence-electron chi connectivity index (χ3n) is 4.93. The van der Waals surface area contributed by atoms with Gasteiger partial charge >= 0.3 is 0 Å². The fraction of sp³-hybridized carbons (Fsp3) is 0.391. The molecule has 0 aliphatic rings. The second-order valence-corrected chi connectivity index (χ2v) is 8.95. The molecule has 0 bridgehead atoms. The van der Waals surface area contributed by atoms with E-state index in [1.165, 1.54) is 4.90 Å². The minimum absolute atomic E-state index is 0.0108. The molecule has 0 fully saturated rings. The van der Waals surface area contributed by atoms with Gasteiger partial charge in [-0.15, -0.1) is 0 Å². The zero-order valence-corrected chi connectivity index (χ0v) is 20.9. The number of halogens is 3. The highest BCUT2D eigenvalue weighted by Crippen LogP contribution is 2.28. The number of carbonyl (C=O) groups is 2. The van der Waals surface area contributed by atoms with Crippen LogP contribution < -0.4 is 10.1 Å². The maximum Gasteiger partial charge on any atom is 0.261 e. The van der Waals surface area contributed by atoms with Crippen LogP contribution in [0.4, 0.5) is 0 Å². The summed E-state index contributed by atoms with van der Waals surface area (Å²) in [7, 11) is 0. The highest BCUT2D eigenvalue weighted by molar-refractivity contribution is 9.10. The fourth-order valence-electron chi connectivity index (χ4n) is 2.99. The molecule has 31 heavy (non-hydrogen) atoms. The number of rotatable bonds is 10. The molecule has 8 heteroatoms. The van der Waals surface area contributed by atoms with Crippen LogP contribution in [-0.4, -0.2) is 35.4 Å². The first-order chi connectivity index (χ1) is 14.8. The van der Waals surface area contributed by atoms with E-state index >= 15 is 0 Å². The molecule has 1 N–H and O–H groups in total. The van der Waals surface area contributed by atoms with Crippen molar-refractivity contribution in [3.05, 3.63) is 62.5 Å². The zero-order valence-electron chi connectivity index (χ0n) is 17.8. The number of hydrogen-bond donors (Lipinski definition) is 1. The summed E-state index contributed by atoms with van der Waals surface area (Å²) in [5, 5.41) is 3.90. The van der Waals surface area contributed by atoms with Crippen LogP contribution >= 0.6 is 39.1 Å². The molecule has 2 amide bonds. The van der Waals surface area contributed by atoms with Crippen molar-refractivity contribution < 1.29 is 14.3 Å². The Balaban J connectivity index is 2.25. The zero-order chi connectivity index (χ0) is 23.0. The third kappa shape index (κ3) is 7.41. The number of hydrogen-bond acceptors (Lipinski definition) is 3. The van der Waals surface area contributed by atoms with Crippen LogP contribution in [0.5, 0.6) is 5.75 Å². The van der Waals surface area contributed by atoms with Crippen LogP contribution in [-0.2, 0) is 16.1 Å². The van der Waals surface area contributed by atoms with Gasteiger partial charge in [0.05, 0.1) is 5.02 Å². The average molecular weight is 530 g/mol. The summed E-state index contributed by atoms with van der Waals surface area (Å²) in [5.74, 6) is -0.128. The molecule has 0 saturated heterocycles. The summed E-state index contributed by atoms with van der Waals surface area (Å²) < 4.78 is 6.48. The Hall–Kier alpha value is -1.76. The van der Waals surface area contributed by atoms with E-state index in [4.69, 9.17) is 27.9 Å². The summed E-state index contributed by atoms with van der Waals surface area (Å²) in [6, 6.07) is 11.8. The molecule has 2 atom stereocenters. The number of amides is 2. The number of nitrogens with zero attached hydrogens (tertiary/aromatic N) is 1. The molecular formula is C23H27BrCl2N2O3. The largest absolute Gasteiger partial charge is 0.482 e. The van der Waals surface area contributed by atoms with E-state index in [1.54, 1.807) is 24.3 Å². The van der Waals surface area contributed by atoms with Crippen LogP contribution in [0.25, 0.3) is 0 Å². The number of nitrogens with one attached hydrogen (secondary N) is 1. The molecule has 0 unspecified atom stereocenters. The molecular weight excluding hydrogens is 503 g/mol. The average Bonchev–Trinajstić information content (AvgIpc) is 2.74. The maximum atomic E-state index is 13.2. The molecule has 0 spiro atoms. The van der Waals surface area contributed by atoms with Crippen LogP contribution in [0.2, 0.25) is 10.0 Å². The van der Waals surface area contributed by atoms with Gasteiger partial charge in [-0.25, -0.2) is 0 Å². The summed E-state index contributed by atoms with van der Waals surface area (Å²) in [6.07, 6.45) is 1.25. The molecule has 0 aliphatic heterocycles. The molecule has 2 aromatic carbocycles. The summed E-state index contributed by atoms with van der Waals surface area (Å²) >= 11 is 15.9. The molecule has 2 aromatic rings. The van der Waals surface area contributed by atoms with Crippen molar-refractivity contribution in [2.45, 2.75) is 52.2 Å². The molecule has 2 rings (SSSR count). The van der Waals surface area contributed by atoms with E-state index in [0.29, 0.717) is 22.2 Å². The number of benzene rings is 2. The lowest BCUT2D eigenvalue weighted by molar-refractivity contribution is -0.143. The second-order valence-electron chi connectivity index (χ2n) is 7.22. The first-order valence-corrected chi connectivity index (χ1v) is 11.7. The van der Waals surface area contributed by atoms with Gasteiger partial charge in [-0.05, 0) is 49.6 Å². The van der Waals surface area contributed by atoms with Crippen molar-refractivity contribution in [2.75, 3.05) is 6.61 Å². The van der Waals surface area contributed by atoms with Gasteiger partial charge in [0.2, 0.25) is 5.91 Å². The highest BCUT2D eigenvalue weighted by atomic mass is 79.9. The van der Waals surface area contributed by atoms with Gasteiger partial charge in [-0.2, -0.15) is 0 Å². The molecule has 0 radical (unpaired) electrons. The predicted molar refractivity (Wildman–Crippen MR) is 129 cm³/mol. The Labute approximate surface area is 202 Å². The lowest BCUT2D eigenvalue weighted by Gasteiger charge is -2.31. The Morgan fingerprint density at radius 2 is 1.81 bits per heavy atom. The summed E-state index contributed by atoms with van der Waals surface area (Å²) in [5.41, 5.74) is 0.758. The van der Waals surface area contributed by atoms with Crippen LogP contribution in [0.3, 0.4) is 0 Å². The third-order valence-corrected chi connectivity index (χ3v) is 6.09. The van der Waals surface area contributed by atoms with E-state index in [2.05, 4.69) is 21.2 Å². The van der Waals surface area contributed by atoms with Gasteiger partial charge in [0.1, 0.15) is 11.8 Å². The van der Waals surface area contributed by atoms with E-state index in [9.17, 15) is 9.59 Å². The summed E-state index contributed by atoms with van der Waals surface area (Å²) in [6.45, 7) is 5.75. The van der Waals surface area contributed by atoms with Gasteiger partial charge in [0.15, 0.2) is 6.61 Å². The molecule has 0 aromatic heterocycles. The van der Waals surface area contributed by atoms with Crippen molar-refractivity contribution >= 4 is 50.9 Å². The van der Waals surface area contributed by atoms with E-state index in [-0.39, 0.29) is 31.0 Å². The van der Waals surface area contributed by atoms with Crippen LogP contribution in [0.1, 0.15) is 39.2 Å². The normalized spacial score (nSPS) is 12.7. The van der Waals surface area contributed by atoms with Crippen molar-refractivity contribution in [2.24, 2.45) is 0 Å². The smallest absolute Gasteiger partial charge is 0.261 e. The lowest BCUT2D eigenvalue weighted by Crippen LogP contribution is -2.51. The van der Waals surface area contributed by atoms with Gasteiger partial charge in [0, 0.05) is 22.1 Å². The predicted octanol–water partition coefficient (Wildman–Crippen LogP) is 5.86. The van der Waals surface area contributed by atoms with Crippen molar-refractivity contribution in [3.63, 3.8) is 0 Å². The van der Waals surface area contributed by atoms with E-state index in [0.717, 1.165) is 16.5 Å². The molecule has 0 heterocycles. The second kappa shape index (κ2) is 12.3. The monoisotopic (exact) mass is 528 g/mol. The van der Waals surface area contributed by atoms with Gasteiger partial charge in [-0.1, -0.05) is 71.2 Å². The molecule has 0 saturated carbocycles. The van der Waals surface area contributed by atoms with Crippen molar-refractivity contribution in [3.8, 4) is 5.75 Å². The minimum Gasteiger partial charge on any atom is -0.482 e. The Bertz CT molecular complexity index is 910. The SMILES string of the molecule is CC[C@@H](C)NC(=O)[C@@H](CC)N(Cc1ccccc1Cl)C(=O)COc1ccc(Br)cc1Cl. The van der Waals surface area contributed by atoms with Gasteiger partial charge < -0.3 is 15.0 Å². The lowest BCUT2D eigenvalue weighted by atomic mass is 10.1. The topological polar surface area (TPSA) is 58.6 Å². The first-order valence-electron chi connectivity index (χ1n) is 10.2. The molecule has 5 nitrogen and oxygen atoms in total. The van der Waals surface area contributed by atoms with Crippen molar-refractivity contribution in [1.82, 2.24) is 10.2 Å². The van der Waals surface area contributed by atoms with Gasteiger partial charge in [-0.3, -0.25) is 9.59 Å². The quantitative estimate of drug-likeness (QED) is 0.419. The number of carbonyl (C=O) groups excluding carboxylic acids is 2. The molecule has 0 aliphatic carbocycles. The Kier molecular flexibility index (Phi) is 10.1. The van der Waals surface area contributed by atoms with Crippen LogP contribution in [0, 0.1) is 0 Å². The standard InChI is InChI=1S/C23H27BrCl2N2O3/c1-4-15(3)27-23(30)20(5-2)28(13-16-8-6-7-9-18(16)25)22(29)14-31-21-11-10-17(24)12-19(21)26/h6-12,15,20H,4-5,13-14H2,1-3H3,(H,27,30)/t15-,20-/m1/s1. The van der Waals surface area contributed by atoms with E-state index in [1.807, 2.05) is 39.0 Å². The highest BCUT2D eigenvalue weighted by Gasteiger charge is 2.30. The fourth-order valence-corrected chi connectivity index (χ4v) is 3.91. The first kappa shape index (κ1) is 25.5. The van der Waals surface area contributed by atoms with E-state index < -0.39 is 6.04 Å². The summed E-state index contributed by atoms with van der Waals surface area (Å²) in [4.78, 5) is 27.6.